The molecule has 0 unspecified atom stereocenters. The van der Waals surface area contributed by atoms with E-state index in [9.17, 15) is 0 Å². The lowest BCUT2D eigenvalue weighted by Crippen LogP contribution is -2.54. The first-order chi connectivity index (χ1) is 17.7. The van der Waals surface area contributed by atoms with E-state index in [0.29, 0.717) is 0 Å². The van der Waals surface area contributed by atoms with Gasteiger partial charge in [-0.3, -0.25) is 0 Å². The van der Waals surface area contributed by atoms with E-state index in [1.54, 1.807) is 0 Å². The maximum absolute atomic E-state index is 7.24. The predicted molar refractivity (Wildman–Crippen MR) is 149 cm³/mol. The Labute approximate surface area is 214 Å². The Kier molecular flexibility index (Phi) is 7.48. The van der Waals surface area contributed by atoms with E-state index in [1.807, 2.05) is 24.3 Å². The van der Waals surface area contributed by atoms with Gasteiger partial charge in [0.15, 0.2) is 0 Å². The molecule has 0 aliphatic carbocycles. The molecule has 1 heterocycles. The summed E-state index contributed by atoms with van der Waals surface area (Å²) in [5.41, 5.74) is 4.60. The fraction of sp³-hybridized carbons (Fsp3) is 0.188. The van der Waals surface area contributed by atoms with Crippen molar-refractivity contribution in [1.29, 1.82) is 0 Å². The van der Waals surface area contributed by atoms with Gasteiger partial charge < -0.3 is 14.6 Å². The van der Waals surface area contributed by atoms with Crippen LogP contribution >= 0.6 is 0 Å². The van der Waals surface area contributed by atoms with Crippen LogP contribution in [-0.2, 0) is 14.9 Å². The minimum atomic E-state index is -0.768. The van der Waals surface area contributed by atoms with Crippen LogP contribution in [0.1, 0.15) is 41.7 Å². The van der Waals surface area contributed by atoms with Gasteiger partial charge >= 0.3 is 7.12 Å². The predicted octanol–water partition coefficient (Wildman–Crippen LogP) is 6.12. The second-order valence-electron chi connectivity index (χ2n) is 9.29. The van der Waals surface area contributed by atoms with Gasteiger partial charge in [0.2, 0.25) is 0 Å². The second kappa shape index (κ2) is 11.1. The quantitative estimate of drug-likeness (QED) is 0.354. The Hall–Kier alpha value is -3.44. The summed E-state index contributed by atoms with van der Waals surface area (Å²) in [4.78, 5) is 0. The number of nitrogens with one attached hydrogen (secondary N) is 1. The van der Waals surface area contributed by atoms with Crippen molar-refractivity contribution in [3.63, 3.8) is 0 Å². The fourth-order valence-electron chi connectivity index (χ4n) is 5.11. The van der Waals surface area contributed by atoms with Crippen LogP contribution in [-0.4, -0.2) is 19.7 Å². The molecule has 1 fully saturated rings. The molecule has 4 aromatic carbocycles. The zero-order valence-electron chi connectivity index (χ0n) is 20.7. The highest BCUT2D eigenvalue weighted by Crippen LogP contribution is 2.39. The van der Waals surface area contributed by atoms with Crippen molar-refractivity contribution in [3.8, 4) is 0 Å². The van der Waals surface area contributed by atoms with Crippen LogP contribution in [0.5, 0.6) is 0 Å². The van der Waals surface area contributed by atoms with Gasteiger partial charge in [0, 0.05) is 6.04 Å². The zero-order valence-corrected chi connectivity index (χ0v) is 20.7. The van der Waals surface area contributed by atoms with Gasteiger partial charge in [-0.2, -0.15) is 0 Å². The van der Waals surface area contributed by atoms with Crippen LogP contribution in [0.15, 0.2) is 122 Å². The molecule has 0 bridgehead atoms. The van der Waals surface area contributed by atoms with Crippen LogP contribution in [0.25, 0.3) is 6.08 Å². The van der Waals surface area contributed by atoms with E-state index < -0.39 is 12.7 Å². The first kappa shape index (κ1) is 24.3. The molecule has 0 saturated carbocycles. The summed E-state index contributed by atoms with van der Waals surface area (Å²) in [6.45, 7) is 6.91. The van der Waals surface area contributed by atoms with Crippen LogP contribution in [0, 0.1) is 0 Å². The largest absolute Gasteiger partial charge is 0.495 e. The van der Waals surface area contributed by atoms with E-state index in [2.05, 4.69) is 116 Å². The van der Waals surface area contributed by atoms with Crippen LogP contribution < -0.4 is 10.8 Å². The van der Waals surface area contributed by atoms with Gasteiger partial charge in [0.25, 0.3) is 0 Å². The van der Waals surface area contributed by atoms with E-state index in [0.717, 1.165) is 40.7 Å². The van der Waals surface area contributed by atoms with Gasteiger partial charge in [-0.05, 0) is 47.6 Å². The summed E-state index contributed by atoms with van der Waals surface area (Å²) in [6.07, 6.45) is 2.57. The average Bonchev–Trinajstić information content (AvgIpc) is 3.03. The van der Waals surface area contributed by atoms with Crippen LogP contribution in [0.3, 0.4) is 0 Å². The topological polar surface area (TPSA) is 30.5 Å². The van der Waals surface area contributed by atoms with Crippen molar-refractivity contribution in [1.82, 2.24) is 5.32 Å². The molecule has 4 heteroatoms. The number of rotatable bonds is 5. The van der Waals surface area contributed by atoms with Crippen molar-refractivity contribution < 1.29 is 9.31 Å². The molecule has 36 heavy (non-hydrogen) atoms. The van der Waals surface area contributed by atoms with E-state index in [-0.39, 0.29) is 12.1 Å². The Morgan fingerprint density at radius 1 is 0.806 bits per heavy atom. The Morgan fingerprint density at radius 3 is 1.92 bits per heavy atom. The summed E-state index contributed by atoms with van der Waals surface area (Å²) in [7, 11) is -0.586. The third-order valence-corrected chi connectivity index (χ3v) is 7.07. The van der Waals surface area contributed by atoms with Crippen molar-refractivity contribution in [2.45, 2.75) is 31.1 Å². The van der Waals surface area contributed by atoms with Crippen molar-refractivity contribution in [2.75, 3.05) is 6.54 Å². The molecule has 4 aromatic rings. The van der Waals surface area contributed by atoms with Gasteiger partial charge in [-0.15, -0.1) is 0 Å². The molecular weight excluding hydrogens is 441 g/mol. The van der Waals surface area contributed by atoms with E-state index in [1.165, 1.54) is 0 Å². The third kappa shape index (κ3) is 4.94. The fourth-order valence-corrected chi connectivity index (χ4v) is 5.11. The third-order valence-electron chi connectivity index (χ3n) is 7.07. The highest BCUT2D eigenvalue weighted by Gasteiger charge is 2.46. The van der Waals surface area contributed by atoms with Gasteiger partial charge in [-0.1, -0.05) is 128 Å². The minimum Gasteiger partial charge on any atom is -0.400 e. The van der Waals surface area contributed by atoms with Gasteiger partial charge in [0.1, 0.15) is 5.60 Å². The Balaban J connectivity index is 1.66. The van der Waals surface area contributed by atoms with Gasteiger partial charge in [0.05, 0.1) is 6.10 Å². The number of hydrogen-bond acceptors (Lipinski definition) is 3. The van der Waals surface area contributed by atoms with Gasteiger partial charge in [-0.25, -0.2) is 0 Å². The number of hydrogen-bond donors (Lipinski definition) is 1. The summed E-state index contributed by atoms with van der Waals surface area (Å²) in [6, 6.07) is 39.7. The van der Waals surface area contributed by atoms with E-state index in [4.69, 9.17) is 9.31 Å². The lowest BCUT2D eigenvalue weighted by molar-refractivity contribution is 0.0390. The lowest BCUT2D eigenvalue weighted by Gasteiger charge is -2.42. The van der Waals surface area contributed by atoms with Crippen molar-refractivity contribution in [2.24, 2.45) is 0 Å². The molecular formula is C32H32BNO2. The summed E-state index contributed by atoms with van der Waals surface area (Å²) >= 11 is 0. The highest BCUT2D eigenvalue weighted by atomic mass is 16.6. The molecule has 5 rings (SSSR count). The molecule has 0 spiro atoms. The summed E-state index contributed by atoms with van der Waals surface area (Å²) in [5.74, 6) is 0. The molecule has 0 aromatic heterocycles. The molecule has 0 amide bonds. The molecule has 1 N–H and O–H groups in total. The zero-order chi connectivity index (χ0) is 24.8. The SMILES string of the molecule is C=Cc1ccc(B2O[C@H](c3ccccc3)CCN[C@@H](C)C(c3ccccc3)(c3ccccc3)O2)cc1. The van der Waals surface area contributed by atoms with Crippen LogP contribution in [0.2, 0.25) is 0 Å². The molecule has 2 atom stereocenters. The van der Waals surface area contributed by atoms with Crippen LogP contribution in [0.4, 0.5) is 0 Å². The highest BCUT2D eigenvalue weighted by molar-refractivity contribution is 6.61. The van der Waals surface area contributed by atoms with E-state index >= 15 is 0 Å². The molecule has 1 aliphatic heterocycles. The molecule has 1 aliphatic rings. The van der Waals surface area contributed by atoms with Crippen molar-refractivity contribution in [3.05, 3.63) is 144 Å². The molecule has 180 valence electrons. The molecule has 1 saturated heterocycles. The Morgan fingerprint density at radius 2 is 1.36 bits per heavy atom. The Bertz CT molecular complexity index is 1210. The normalized spacial score (nSPS) is 20.1. The molecule has 0 radical (unpaired) electrons. The minimum absolute atomic E-state index is 0.0182. The maximum atomic E-state index is 7.24. The lowest BCUT2D eigenvalue weighted by atomic mass is 9.73. The second-order valence-corrected chi connectivity index (χ2v) is 9.29. The van der Waals surface area contributed by atoms with Crippen molar-refractivity contribution >= 4 is 18.7 Å². The maximum Gasteiger partial charge on any atom is 0.495 e. The first-order valence-electron chi connectivity index (χ1n) is 12.7. The first-order valence-corrected chi connectivity index (χ1v) is 12.7. The molecule has 3 nitrogen and oxygen atoms in total. The standard InChI is InChI=1S/C32H32BNO2/c1-3-26-19-21-30(22-20-26)33-35-31(27-13-7-4-8-14-27)23-24-34-25(2)32(36-33,28-15-9-5-10-16-28)29-17-11-6-12-18-29/h3-22,25,31,34H,1,23-24H2,2H3/t25-,31-/m0/s1. The summed E-state index contributed by atoms with van der Waals surface area (Å²) in [5, 5.41) is 3.78. The average molecular weight is 473 g/mol. The summed E-state index contributed by atoms with van der Waals surface area (Å²) < 4.78 is 14.1. The smallest absolute Gasteiger partial charge is 0.400 e. The number of benzene rings is 4. The monoisotopic (exact) mass is 473 g/mol.